The minimum atomic E-state index is -1.01. The molecule has 11 heteroatoms. The average Bonchev–Trinajstić information content (AvgIpc) is 3.24. The Balaban J connectivity index is 1.69. The van der Waals surface area contributed by atoms with Gasteiger partial charge in [0.05, 0.1) is 46.1 Å². The van der Waals surface area contributed by atoms with Gasteiger partial charge in [0, 0.05) is 29.2 Å². The fourth-order valence-corrected chi connectivity index (χ4v) is 4.94. The van der Waals surface area contributed by atoms with Crippen LogP contribution in [0, 0.1) is 0 Å². The Kier molecular flexibility index (Phi) is 7.10. The highest BCUT2D eigenvalue weighted by molar-refractivity contribution is 6.30. The number of nitrogens with zero attached hydrogens (tertiary/aromatic N) is 4. The van der Waals surface area contributed by atoms with Crippen molar-refractivity contribution in [3.63, 3.8) is 0 Å². The Morgan fingerprint density at radius 2 is 1.94 bits per heavy atom. The predicted molar refractivity (Wildman–Crippen MR) is 130 cm³/mol. The van der Waals surface area contributed by atoms with E-state index < -0.39 is 18.2 Å². The maximum Gasteiger partial charge on any atom is 0.306 e. The van der Waals surface area contributed by atoms with Crippen molar-refractivity contribution in [2.45, 2.75) is 25.2 Å². The average molecular weight is 515 g/mol. The van der Waals surface area contributed by atoms with Gasteiger partial charge in [0.1, 0.15) is 12.2 Å². The van der Waals surface area contributed by atoms with Gasteiger partial charge in [-0.2, -0.15) is 0 Å². The van der Waals surface area contributed by atoms with Crippen LogP contribution in [-0.4, -0.2) is 71.3 Å². The fraction of sp³-hybridized carbons (Fsp3) is 0.400. The topological polar surface area (TPSA) is 108 Å². The molecule has 2 unspecified atom stereocenters. The van der Waals surface area contributed by atoms with Gasteiger partial charge >= 0.3 is 5.97 Å². The van der Waals surface area contributed by atoms with Crippen molar-refractivity contribution in [1.29, 1.82) is 0 Å². The second-order valence-electron chi connectivity index (χ2n) is 8.59. The number of hydrogen-bond acceptors (Lipinski definition) is 8. The van der Waals surface area contributed by atoms with Crippen molar-refractivity contribution in [1.82, 2.24) is 19.7 Å². The van der Waals surface area contributed by atoms with Crippen molar-refractivity contribution in [3.05, 3.63) is 64.2 Å². The molecule has 36 heavy (non-hydrogen) atoms. The lowest BCUT2D eigenvalue weighted by molar-refractivity contribution is -0.141. The first kappa shape index (κ1) is 24.5. The predicted octanol–water partition coefficient (Wildman–Crippen LogP) is 3.41. The molecule has 0 saturated carbocycles. The molecule has 190 valence electrons. The lowest BCUT2D eigenvalue weighted by Crippen LogP contribution is -2.36. The molecule has 2 aliphatic rings. The lowest BCUT2D eigenvalue weighted by Gasteiger charge is -2.26. The molecule has 1 aromatic heterocycles. The van der Waals surface area contributed by atoms with Gasteiger partial charge in [-0.1, -0.05) is 23.7 Å². The molecule has 0 bridgehead atoms. The van der Waals surface area contributed by atoms with Crippen LogP contribution in [0.5, 0.6) is 11.5 Å². The number of halogens is 1. The molecular weight excluding hydrogens is 488 g/mol. The highest BCUT2D eigenvalue weighted by Gasteiger charge is 2.37. The number of ether oxygens (including phenoxy) is 4. The SMILES string of the molecule is COc1cccc(C2OC(CC(=O)O)c3nnc(CN4CCOCC4)n3-c3ccc(Cl)cc32)c1OC. The third-order valence-corrected chi connectivity index (χ3v) is 6.64. The number of carboxylic acids is 1. The number of carboxylic acid groups (broad SMARTS) is 1. The summed E-state index contributed by atoms with van der Waals surface area (Å²) in [6, 6.07) is 11.0. The van der Waals surface area contributed by atoms with Crippen molar-refractivity contribution >= 4 is 17.6 Å². The zero-order valence-electron chi connectivity index (χ0n) is 20.0. The van der Waals surface area contributed by atoms with Gasteiger partial charge in [0.25, 0.3) is 0 Å². The first-order chi connectivity index (χ1) is 17.5. The van der Waals surface area contributed by atoms with Gasteiger partial charge < -0.3 is 24.1 Å². The van der Waals surface area contributed by atoms with E-state index >= 15 is 0 Å². The molecule has 2 aromatic carbocycles. The van der Waals surface area contributed by atoms with Gasteiger partial charge in [0.2, 0.25) is 0 Å². The number of benzene rings is 2. The van der Waals surface area contributed by atoms with Crippen molar-refractivity contribution in [2.75, 3.05) is 40.5 Å². The summed E-state index contributed by atoms with van der Waals surface area (Å²) in [4.78, 5) is 14.1. The summed E-state index contributed by atoms with van der Waals surface area (Å²) in [6.45, 7) is 3.37. The van der Waals surface area contributed by atoms with Gasteiger partial charge in [-0.3, -0.25) is 14.3 Å². The number of aromatic nitrogens is 3. The maximum atomic E-state index is 11.9. The van der Waals surface area contributed by atoms with Crippen molar-refractivity contribution in [3.8, 4) is 17.2 Å². The van der Waals surface area contributed by atoms with Crippen LogP contribution in [0.15, 0.2) is 36.4 Å². The summed E-state index contributed by atoms with van der Waals surface area (Å²) in [5.74, 6) is 1.13. The number of rotatable bonds is 7. The summed E-state index contributed by atoms with van der Waals surface area (Å²) in [6.07, 6.45) is -1.87. The summed E-state index contributed by atoms with van der Waals surface area (Å²) in [7, 11) is 3.12. The number of para-hydroxylation sites is 1. The molecule has 2 aliphatic heterocycles. The number of fused-ring (bicyclic) bond motifs is 3. The van der Waals surface area contributed by atoms with Crippen LogP contribution >= 0.6 is 11.6 Å². The van der Waals surface area contributed by atoms with E-state index in [0.717, 1.165) is 24.3 Å². The number of hydrogen-bond donors (Lipinski definition) is 1. The van der Waals surface area contributed by atoms with Crippen LogP contribution < -0.4 is 9.47 Å². The standard InChI is InChI=1S/C25H27ClN4O6/c1-33-19-5-3-4-16(24(19)34-2)23-17-12-15(26)6-7-18(17)30-21(14-29-8-10-35-11-9-29)27-28-25(30)20(36-23)13-22(31)32/h3-7,12,20,23H,8-11,13-14H2,1-2H3,(H,31,32). The summed E-state index contributed by atoms with van der Waals surface area (Å²) in [5.41, 5.74) is 2.20. The third kappa shape index (κ3) is 4.64. The summed E-state index contributed by atoms with van der Waals surface area (Å²) >= 11 is 6.46. The Hall–Kier alpha value is -3.18. The molecule has 5 rings (SSSR count). The largest absolute Gasteiger partial charge is 0.493 e. The molecule has 1 N–H and O–H groups in total. The summed E-state index contributed by atoms with van der Waals surface area (Å²) in [5, 5.41) is 19.1. The molecule has 0 radical (unpaired) electrons. The van der Waals surface area contributed by atoms with Crippen LogP contribution in [0.25, 0.3) is 5.69 Å². The van der Waals surface area contributed by atoms with Crippen LogP contribution in [0.4, 0.5) is 0 Å². The van der Waals surface area contributed by atoms with Crippen molar-refractivity contribution < 1.29 is 28.8 Å². The zero-order chi connectivity index (χ0) is 25.2. The van der Waals surface area contributed by atoms with E-state index in [4.69, 9.17) is 30.5 Å². The second-order valence-corrected chi connectivity index (χ2v) is 9.02. The first-order valence-corrected chi connectivity index (χ1v) is 12.0. The highest BCUT2D eigenvalue weighted by atomic mass is 35.5. The number of carbonyl (C=O) groups is 1. The number of methoxy groups -OCH3 is 2. The number of aliphatic carboxylic acids is 1. The Morgan fingerprint density at radius 1 is 1.14 bits per heavy atom. The lowest BCUT2D eigenvalue weighted by atomic mass is 9.98. The highest BCUT2D eigenvalue weighted by Crippen LogP contribution is 2.46. The number of morpholine rings is 1. The molecule has 10 nitrogen and oxygen atoms in total. The normalized spacial score (nSPS) is 19.8. The Labute approximate surface area is 213 Å². The Morgan fingerprint density at radius 3 is 2.67 bits per heavy atom. The second kappa shape index (κ2) is 10.4. The molecule has 1 fully saturated rings. The van der Waals surface area contributed by atoms with E-state index in [1.807, 2.05) is 28.8 Å². The summed E-state index contributed by atoms with van der Waals surface area (Å²) < 4.78 is 25.1. The smallest absolute Gasteiger partial charge is 0.306 e. The Bertz CT molecular complexity index is 1260. The quantitative estimate of drug-likeness (QED) is 0.507. The van der Waals surface area contributed by atoms with Gasteiger partial charge in [0.15, 0.2) is 23.1 Å². The molecule has 3 heterocycles. The first-order valence-electron chi connectivity index (χ1n) is 11.6. The van der Waals surface area contributed by atoms with Crippen LogP contribution in [0.3, 0.4) is 0 Å². The van der Waals surface area contributed by atoms with E-state index in [1.165, 1.54) is 0 Å². The van der Waals surface area contributed by atoms with E-state index in [2.05, 4.69) is 15.1 Å². The third-order valence-electron chi connectivity index (χ3n) is 6.40. The molecule has 0 amide bonds. The molecule has 0 aliphatic carbocycles. The van der Waals surface area contributed by atoms with Crippen LogP contribution in [0.1, 0.15) is 41.4 Å². The van der Waals surface area contributed by atoms with E-state index in [9.17, 15) is 9.90 Å². The van der Waals surface area contributed by atoms with Crippen LogP contribution in [-0.2, 0) is 20.8 Å². The van der Waals surface area contributed by atoms with Crippen molar-refractivity contribution in [2.24, 2.45) is 0 Å². The van der Waals surface area contributed by atoms with Gasteiger partial charge in [-0.15, -0.1) is 10.2 Å². The fourth-order valence-electron chi connectivity index (χ4n) is 4.76. The molecule has 3 aromatic rings. The minimum absolute atomic E-state index is 0.291. The minimum Gasteiger partial charge on any atom is -0.493 e. The molecular formula is C25H27ClN4O6. The monoisotopic (exact) mass is 514 g/mol. The van der Waals surface area contributed by atoms with E-state index in [0.29, 0.717) is 53.5 Å². The zero-order valence-corrected chi connectivity index (χ0v) is 20.8. The van der Waals surface area contributed by atoms with Gasteiger partial charge in [-0.05, 0) is 24.3 Å². The van der Waals surface area contributed by atoms with E-state index in [-0.39, 0.29) is 6.42 Å². The van der Waals surface area contributed by atoms with E-state index in [1.54, 1.807) is 26.4 Å². The maximum absolute atomic E-state index is 11.9. The van der Waals surface area contributed by atoms with Gasteiger partial charge in [-0.25, -0.2) is 0 Å². The molecule has 1 saturated heterocycles. The molecule has 2 atom stereocenters. The molecule has 0 spiro atoms. The van der Waals surface area contributed by atoms with Crippen LogP contribution in [0.2, 0.25) is 5.02 Å².